The van der Waals surface area contributed by atoms with Crippen molar-refractivity contribution in [1.29, 1.82) is 5.26 Å². The molecule has 5 rings (SSSR count). The molecule has 1 saturated carbocycles. The fourth-order valence-electron chi connectivity index (χ4n) is 5.05. The van der Waals surface area contributed by atoms with Gasteiger partial charge in [-0.3, -0.25) is 14.4 Å². The van der Waals surface area contributed by atoms with Crippen molar-refractivity contribution in [3.8, 4) is 11.8 Å². The van der Waals surface area contributed by atoms with E-state index in [2.05, 4.69) is 27.0 Å². The van der Waals surface area contributed by atoms with Gasteiger partial charge in [-0.25, -0.2) is 0 Å². The Morgan fingerprint density at radius 3 is 2.70 bits per heavy atom. The van der Waals surface area contributed by atoms with E-state index >= 15 is 0 Å². The highest BCUT2D eigenvalue weighted by Gasteiger charge is 2.44. The fraction of sp³-hybridized carbons (Fsp3) is 0.357. The fourth-order valence-corrected chi connectivity index (χ4v) is 5.05. The maximum Gasteiger partial charge on any atom is 0.268 e. The summed E-state index contributed by atoms with van der Waals surface area (Å²) in [4.78, 5) is 42.3. The van der Waals surface area contributed by atoms with Crippen molar-refractivity contribution >= 4 is 34.3 Å². The van der Waals surface area contributed by atoms with Gasteiger partial charge < -0.3 is 25.7 Å². The Balaban J connectivity index is 1.31. The first-order valence-electron chi connectivity index (χ1n) is 12.4. The van der Waals surface area contributed by atoms with Gasteiger partial charge in [0.2, 0.25) is 11.8 Å². The van der Waals surface area contributed by atoms with Crippen LogP contribution in [-0.4, -0.2) is 41.9 Å². The Labute approximate surface area is 214 Å². The third kappa shape index (κ3) is 4.75. The molecule has 0 bridgehead atoms. The number of ether oxygens (including phenoxy) is 1. The van der Waals surface area contributed by atoms with Gasteiger partial charge in [-0.2, -0.15) is 5.26 Å². The Morgan fingerprint density at radius 2 is 1.97 bits per heavy atom. The molecule has 9 nitrogen and oxygen atoms in total. The van der Waals surface area contributed by atoms with E-state index in [1.54, 1.807) is 20.1 Å². The Hall–Kier alpha value is -4.32. The van der Waals surface area contributed by atoms with Gasteiger partial charge in [0, 0.05) is 16.6 Å². The van der Waals surface area contributed by atoms with Crippen LogP contribution in [0.4, 0.5) is 5.69 Å². The molecule has 3 atom stereocenters. The molecule has 2 aromatic carbocycles. The van der Waals surface area contributed by atoms with Crippen LogP contribution in [0.5, 0.6) is 5.75 Å². The molecule has 1 aromatic heterocycles. The number of carbonyl (C=O) groups excluding carboxylic acids is 3. The minimum absolute atomic E-state index is 0.115. The van der Waals surface area contributed by atoms with Gasteiger partial charge in [0.25, 0.3) is 5.91 Å². The second kappa shape index (κ2) is 9.62. The Morgan fingerprint density at radius 1 is 1.19 bits per heavy atom. The first-order valence-corrected chi connectivity index (χ1v) is 12.4. The summed E-state index contributed by atoms with van der Waals surface area (Å²) in [7, 11) is 1.57. The molecule has 2 aliphatic rings. The van der Waals surface area contributed by atoms with Crippen LogP contribution >= 0.6 is 0 Å². The number of hydrogen-bond acceptors (Lipinski definition) is 5. The van der Waals surface area contributed by atoms with Crippen molar-refractivity contribution in [1.82, 2.24) is 15.6 Å². The summed E-state index contributed by atoms with van der Waals surface area (Å²) in [6.07, 6.45) is 2.60. The molecule has 0 saturated heterocycles. The second-order valence-electron chi connectivity index (χ2n) is 10.0. The Bertz CT molecular complexity index is 1420. The lowest BCUT2D eigenvalue weighted by atomic mass is 9.78. The number of aromatic nitrogens is 1. The Kier molecular flexibility index (Phi) is 6.34. The van der Waals surface area contributed by atoms with E-state index in [0.717, 1.165) is 29.3 Å². The number of nitrogens with one attached hydrogen (secondary N) is 4. The zero-order chi connectivity index (χ0) is 26.2. The standard InChI is InChI=1S/C28H29N5O4/c1-28(19-6-3-4-7-21(19)33-27(28)36)14-17(15-29)30-25(34)22(12-16-10-11-16)32-26(35)23-13-18-20(31-23)8-5-9-24(18)37-2/h3-9,13,16-17,22,31H,10-12,14H2,1-2H3,(H,30,34)(H,32,35)(H,33,36)/t17-,22-,28+/m0/s1. The molecule has 1 aliphatic heterocycles. The number of para-hydroxylation sites is 1. The van der Waals surface area contributed by atoms with E-state index in [-0.39, 0.29) is 12.3 Å². The summed E-state index contributed by atoms with van der Waals surface area (Å²) >= 11 is 0. The number of methoxy groups -OCH3 is 1. The molecule has 1 aliphatic carbocycles. The molecular formula is C28H29N5O4. The zero-order valence-electron chi connectivity index (χ0n) is 20.8. The average molecular weight is 500 g/mol. The van der Waals surface area contributed by atoms with Crippen LogP contribution in [0.2, 0.25) is 0 Å². The molecule has 9 heteroatoms. The maximum absolute atomic E-state index is 13.3. The summed E-state index contributed by atoms with van der Waals surface area (Å²) < 4.78 is 5.37. The summed E-state index contributed by atoms with van der Waals surface area (Å²) in [5.74, 6) is -0.0629. The van der Waals surface area contributed by atoms with Crippen LogP contribution in [0.3, 0.4) is 0 Å². The first kappa shape index (κ1) is 24.4. The summed E-state index contributed by atoms with van der Waals surface area (Å²) in [5.41, 5.74) is 1.62. The summed E-state index contributed by atoms with van der Waals surface area (Å²) in [6, 6.07) is 15.0. The minimum atomic E-state index is -0.955. The average Bonchev–Trinajstić information content (AvgIpc) is 3.54. The van der Waals surface area contributed by atoms with E-state index in [1.807, 2.05) is 42.5 Å². The summed E-state index contributed by atoms with van der Waals surface area (Å²) in [6.45, 7) is 1.78. The lowest BCUT2D eigenvalue weighted by Gasteiger charge is -2.26. The highest BCUT2D eigenvalue weighted by molar-refractivity contribution is 6.06. The molecule has 37 heavy (non-hydrogen) atoms. The van der Waals surface area contributed by atoms with Crippen LogP contribution in [-0.2, 0) is 15.0 Å². The molecule has 0 unspecified atom stereocenters. The van der Waals surface area contributed by atoms with E-state index in [0.29, 0.717) is 29.5 Å². The number of rotatable bonds is 9. The number of hydrogen-bond donors (Lipinski definition) is 4. The summed E-state index contributed by atoms with van der Waals surface area (Å²) in [5, 5.41) is 19.1. The van der Waals surface area contributed by atoms with E-state index in [9.17, 15) is 19.6 Å². The third-order valence-electron chi connectivity index (χ3n) is 7.33. The smallest absolute Gasteiger partial charge is 0.268 e. The number of aromatic amines is 1. The van der Waals surface area contributed by atoms with Crippen LogP contribution in [0.15, 0.2) is 48.5 Å². The quantitative estimate of drug-likeness (QED) is 0.358. The highest BCUT2D eigenvalue weighted by Crippen LogP contribution is 2.40. The molecule has 1 fully saturated rings. The molecule has 2 heterocycles. The molecule has 0 radical (unpaired) electrons. The van der Waals surface area contributed by atoms with Crippen LogP contribution in [0.1, 0.15) is 48.7 Å². The van der Waals surface area contributed by atoms with Crippen LogP contribution < -0.4 is 20.7 Å². The van der Waals surface area contributed by atoms with Gasteiger partial charge in [0.15, 0.2) is 0 Å². The van der Waals surface area contributed by atoms with Gasteiger partial charge in [0.1, 0.15) is 23.5 Å². The van der Waals surface area contributed by atoms with Crippen molar-refractivity contribution in [3.63, 3.8) is 0 Å². The van der Waals surface area contributed by atoms with Crippen molar-refractivity contribution in [3.05, 3.63) is 59.8 Å². The molecule has 3 amide bonds. The molecule has 4 N–H and O–H groups in total. The number of anilines is 1. The maximum atomic E-state index is 13.3. The normalized spacial score (nSPS) is 19.9. The molecule has 3 aromatic rings. The van der Waals surface area contributed by atoms with Gasteiger partial charge in [-0.15, -0.1) is 0 Å². The SMILES string of the molecule is COc1cccc2[nH]c(C(=O)N[C@@H](CC3CC3)C(=O)N[C@H](C#N)C[C@@]3(C)C(=O)Nc4ccccc43)cc12. The van der Waals surface area contributed by atoms with Gasteiger partial charge in [-0.05, 0) is 55.5 Å². The molecular weight excluding hydrogens is 470 g/mol. The van der Waals surface area contributed by atoms with Gasteiger partial charge >= 0.3 is 0 Å². The highest BCUT2D eigenvalue weighted by atomic mass is 16.5. The van der Waals surface area contributed by atoms with Crippen LogP contribution in [0, 0.1) is 17.2 Å². The van der Waals surface area contributed by atoms with E-state index in [4.69, 9.17) is 4.74 Å². The number of H-pyrrole nitrogens is 1. The third-order valence-corrected chi connectivity index (χ3v) is 7.33. The van der Waals surface area contributed by atoms with E-state index in [1.165, 1.54) is 0 Å². The minimum Gasteiger partial charge on any atom is -0.496 e. The van der Waals surface area contributed by atoms with Crippen molar-refractivity contribution in [2.24, 2.45) is 5.92 Å². The number of nitrogens with zero attached hydrogens (tertiary/aromatic N) is 1. The predicted molar refractivity (Wildman–Crippen MR) is 138 cm³/mol. The monoisotopic (exact) mass is 499 g/mol. The number of amides is 3. The first-order chi connectivity index (χ1) is 17.8. The topological polar surface area (TPSA) is 136 Å². The van der Waals surface area contributed by atoms with Crippen molar-refractivity contribution < 1.29 is 19.1 Å². The molecule has 0 spiro atoms. The lowest BCUT2D eigenvalue weighted by molar-refractivity contribution is -0.125. The largest absolute Gasteiger partial charge is 0.496 e. The van der Waals surface area contributed by atoms with Gasteiger partial charge in [0.05, 0.1) is 18.6 Å². The van der Waals surface area contributed by atoms with Gasteiger partial charge in [-0.1, -0.05) is 37.1 Å². The lowest BCUT2D eigenvalue weighted by Crippen LogP contribution is -2.51. The predicted octanol–water partition coefficient (Wildman–Crippen LogP) is 3.38. The molecule has 190 valence electrons. The van der Waals surface area contributed by atoms with Crippen molar-refractivity contribution in [2.75, 3.05) is 12.4 Å². The van der Waals surface area contributed by atoms with Crippen molar-refractivity contribution in [2.45, 2.75) is 50.1 Å². The number of carbonyl (C=O) groups is 3. The number of fused-ring (bicyclic) bond motifs is 2. The zero-order valence-corrected chi connectivity index (χ0v) is 20.8. The van der Waals surface area contributed by atoms with Crippen LogP contribution in [0.25, 0.3) is 10.9 Å². The second-order valence-corrected chi connectivity index (χ2v) is 10.0. The number of nitriles is 1. The number of benzene rings is 2. The van der Waals surface area contributed by atoms with E-state index < -0.39 is 29.3 Å².